The van der Waals surface area contributed by atoms with Crippen LogP contribution in [-0.2, 0) is 0 Å². The van der Waals surface area contributed by atoms with E-state index >= 15 is 0 Å². The van der Waals surface area contributed by atoms with Crippen LogP contribution in [0.1, 0.15) is 36.2 Å². The molecule has 1 fully saturated rings. The highest BCUT2D eigenvalue weighted by Gasteiger charge is 2.23. The number of aromatic nitrogens is 4. The number of benzene rings is 1. The largest absolute Gasteiger partial charge is 0.348 e. The summed E-state index contributed by atoms with van der Waals surface area (Å²) in [6, 6.07) is 4.07. The van der Waals surface area contributed by atoms with Crippen LogP contribution in [0.4, 0.5) is 4.39 Å². The number of hydrogen-bond donors (Lipinski definition) is 2. The van der Waals surface area contributed by atoms with E-state index in [9.17, 15) is 14.0 Å². The first-order valence-electron chi connectivity index (χ1n) is 7.51. The molecule has 0 spiro atoms. The molecule has 1 aromatic carbocycles. The van der Waals surface area contributed by atoms with Crippen molar-refractivity contribution in [3.8, 4) is 0 Å². The van der Waals surface area contributed by atoms with Crippen molar-refractivity contribution in [2.75, 3.05) is 0 Å². The summed E-state index contributed by atoms with van der Waals surface area (Å²) in [5.41, 5.74) is 0.317. The minimum absolute atomic E-state index is 0.00984. The van der Waals surface area contributed by atoms with Crippen LogP contribution in [0.2, 0.25) is 0 Å². The molecule has 0 unspecified atom stereocenters. The van der Waals surface area contributed by atoms with E-state index in [1.807, 2.05) is 0 Å². The molecule has 2 N–H and O–H groups in total. The van der Waals surface area contributed by atoms with Gasteiger partial charge >= 0.3 is 0 Å². The molecule has 1 amide bonds. The van der Waals surface area contributed by atoms with Crippen molar-refractivity contribution in [3.05, 3.63) is 40.1 Å². The van der Waals surface area contributed by atoms with E-state index in [4.69, 9.17) is 0 Å². The van der Waals surface area contributed by atoms with Crippen LogP contribution < -0.4 is 10.9 Å². The summed E-state index contributed by atoms with van der Waals surface area (Å²) >= 11 is 0. The highest BCUT2D eigenvalue weighted by molar-refractivity contribution is 5.99. The minimum Gasteiger partial charge on any atom is -0.348 e. The minimum atomic E-state index is -0.523. The van der Waals surface area contributed by atoms with Gasteiger partial charge < -0.3 is 10.3 Å². The van der Waals surface area contributed by atoms with Crippen molar-refractivity contribution >= 4 is 22.5 Å². The monoisotopic (exact) mass is 315 g/mol. The van der Waals surface area contributed by atoms with Gasteiger partial charge in [-0.1, -0.05) is 18.1 Å². The van der Waals surface area contributed by atoms with E-state index in [2.05, 4.69) is 20.6 Å². The number of amides is 1. The lowest BCUT2D eigenvalue weighted by Crippen LogP contribution is -2.33. The lowest BCUT2D eigenvalue weighted by Gasteiger charge is -2.10. The van der Waals surface area contributed by atoms with Crippen LogP contribution in [0.5, 0.6) is 0 Å². The maximum absolute atomic E-state index is 13.3. The Hall–Kier alpha value is -2.77. The average Bonchev–Trinajstić information content (AvgIpc) is 3.16. The molecule has 1 aliphatic carbocycles. The maximum atomic E-state index is 13.3. The predicted octanol–water partition coefficient (Wildman–Crippen LogP) is 1.38. The molecular formula is C15H14FN5O2. The number of fused-ring (bicyclic) bond motifs is 3. The highest BCUT2D eigenvalue weighted by atomic mass is 19.1. The van der Waals surface area contributed by atoms with Gasteiger partial charge in [-0.25, -0.2) is 8.91 Å². The first-order valence-corrected chi connectivity index (χ1v) is 7.51. The van der Waals surface area contributed by atoms with Gasteiger partial charge in [-0.15, -0.1) is 5.10 Å². The van der Waals surface area contributed by atoms with Gasteiger partial charge in [0.25, 0.3) is 11.5 Å². The Morgan fingerprint density at radius 3 is 2.91 bits per heavy atom. The molecule has 23 heavy (non-hydrogen) atoms. The quantitative estimate of drug-likeness (QED) is 0.747. The van der Waals surface area contributed by atoms with E-state index < -0.39 is 17.3 Å². The molecule has 0 atom stereocenters. The number of aromatic amines is 1. The van der Waals surface area contributed by atoms with E-state index in [1.165, 1.54) is 22.7 Å². The number of halogens is 1. The summed E-state index contributed by atoms with van der Waals surface area (Å²) in [5.74, 6) is -0.870. The summed E-state index contributed by atoms with van der Waals surface area (Å²) in [6.45, 7) is 0. The second kappa shape index (κ2) is 5.15. The Morgan fingerprint density at radius 2 is 2.13 bits per heavy atom. The number of nitrogens with zero attached hydrogens (tertiary/aromatic N) is 3. The Kier molecular flexibility index (Phi) is 3.10. The highest BCUT2D eigenvalue weighted by Crippen LogP contribution is 2.19. The van der Waals surface area contributed by atoms with Gasteiger partial charge in [-0.3, -0.25) is 9.59 Å². The molecular weight excluding hydrogens is 301 g/mol. The molecule has 0 aliphatic heterocycles. The lowest BCUT2D eigenvalue weighted by molar-refractivity contribution is 0.0934. The number of H-pyrrole nitrogens is 1. The zero-order valence-electron chi connectivity index (χ0n) is 12.2. The van der Waals surface area contributed by atoms with Gasteiger partial charge in [0.2, 0.25) is 0 Å². The maximum Gasteiger partial charge on any atom is 0.277 e. The molecule has 1 saturated carbocycles. The number of rotatable bonds is 2. The molecule has 2 aromatic heterocycles. The van der Waals surface area contributed by atoms with Gasteiger partial charge in [-0.2, -0.15) is 0 Å². The zero-order valence-corrected chi connectivity index (χ0v) is 12.2. The van der Waals surface area contributed by atoms with Crippen molar-refractivity contribution in [2.45, 2.75) is 31.7 Å². The van der Waals surface area contributed by atoms with Crippen LogP contribution in [0.15, 0.2) is 23.0 Å². The molecule has 118 valence electrons. The Bertz CT molecular complexity index is 971. The smallest absolute Gasteiger partial charge is 0.277 e. The Labute approximate surface area is 129 Å². The summed E-state index contributed by atoms with van der Waals surface area (Å²) < 4.78 is 14.6. The Balaban J connectivity index is 1.84. The predicted molar refractivity (Wildman–Crippen MR) is 80.8 cm³/mol. The van der Waals surface area contributed by atoms with Crippen LogP contribution in [0.25, 0.3) is 16.6 Å². The van der Waals surface area contributed by atoms with Gasteiger partial charge in [0.1, 0.15) is 5.82 Å². The molecule has 8 heteroatoms. The molecule has 3 aromatic rings. The van der Waals surface area contributed by atoms with Crippen molar-refractivity contribution < 1.29 is 9.18 Å². The lowest BCUT2D eigenvalue weighted by atomic mass is 10.2. The number of hydrogen-bond acceptors (Lipinski definition) is 4. The van der Waals surface area contributed by atoms with Crippen LogP contribution in [-0.4, -0.2) is 31.8 Å². The standard InChI is InChI=1S/C15H14FN5O2/c16-8-5-6-11-10(7-8)18-15(23)13-12(19-20-21(11)13)14(22)17-9-3-1-2-4-9/h5-7,9H,1-4H2,(H,17,22)(H,18,23). The number of nitrogens with one attached hydrogen (secondary N) is 2. The molecule has 2 heterocycles. The van der Waals surface area contributed by atoms with Crippen molar-refractivity contribution in [3.63, 3.8) is 0 Å². The van der Waals surface area contributed by atoms with Crippen molar-refractivity contribution in [2.24, 2.45) is 0 Å². The second-order valence-electron chi connectivity index (χ2n) is 5.77. The third-order valence-corrected chi connectivity index (χ3v) is 4.23. The number of carbonyl (C=O) groups is 1. The van der Waals surface area contributed by atoms with Crippen LogP contribution >= 0.6 is 0 Å². The van der Waals surface area contributed by atoms with E-state index in [-0.39, 0.29) is 17.3 Å². The van der Waals surface area contributed by atoms with Gasteiger partial charge in [-0.05, 0) is 31.0 Å². The first kappa shape index (κ1) is 13.9. The molecule has 0 saturated heterocycles. The van der Waals surface area contributed by atoms with E-state index in [1.54, 1.807) is 0 Å². The van der Waals surface area contributed by atoms with Crippen molar-refractivity contribution in [1.82, 2.24) is 25.1 Å². The second-order valence-corrected chi connectivity index (χ2v) is 5.77. The Morgan fingerprint density at radius 1 is 1.35 bits per heavy atom. The summed E-state index contributed by atoms with van der Waals surface area (Å²) in [6.07, 6.45) is 4.04. The van der Waals surface area contributed by atoms with Crippen molar-refractivity contribution in [1.29, 1.82) is 0 Å². The fraction of sp³-hybridized carbons (Fsp3) is 0.333. The van der Waals surface area contributed by atoms with Crippen LogP contribution in [0, 0.1) is 5.82 Å². The fourth-order valence-corrected chi connectivity index (χ4v) is 3.11. The first-order chi connectivity index (χ1) is 11.1. The molecule has 4 rings (SSSR count). The summed E-state index contributed by atoms with van der Waals surface area (Å²) in [4.78, 5) is 27.2. The molecule has 1 aliphatic rings. The third-order valence-electron chi connectivity index (χ3n) is 4.23. The van der Waals surface area contributed by atoms with E-state index in [0.717, 1.165) is 25.7 Å². The van der Waals surface area contributed by atoms with Gasteiger partial charge in [0.15, 0.2) is 11.2 Å². The normalized spacial score (nSPS) is 15.5. The summed E-state index contributed by atoms with van der Waals surface area (Å²) in [5, 5.41) is 10.6. The zero-order chi connectivity index (χ0) is 16.0. The fourth-order valence-electron chi connectivity index (χ4n) is 3.11. The number of carbonyl (C=O) groups excluding carboxylic acids is 1. The SMILES string of the molecule is O=C(NC1CCCC1)c1nnn2c1c(=O)[nH]c1cc(F)ccc12. The third kappa shape index (κ3) is 2.26. The molecule has 0 bridgehead atoms. The molecule has 0 radical (unpaired) electrons. The van der Waals surface area contributed by atoms with Gasteiger partial charge in [0.05, 0.1) is 11.0 Å². The summed E-state index contributed by atoms with van der Waals surface area (Å²) in [7, 11) is 0. The van der Waals surface area contributed by atoms with Crippen LogP contribution in [0.3, 0.4) is 0 Å². The van der Waals surface area contributed by atoms with E-state index in [0.29, 0.717) is 11.0 Å². The topological polar surface area (TPSA) is 92.2 Å². The molecule has 7 nitrogen and oxygen atoms in total. The van der Waals surface area contributed by atoms with Gasteiger partial charge in [0, 0.05) is 6.04 Å². The average molecular weight is 315 g/mol.